The number of carbonyl (C=O) groups is 1. The number of hydrogen-bond donors (Lipinski definition) is 0. The van der Waals surface area contributed by atoms with Gasteiger partial charge in [0, 0.05) is 6.07 Å². The highest BCUT2D eigenvalue weighted by Gasteiger charge is 2.10. The first kappa shape index (κ1) is 19.2. The SMILES string of the molecule is COc1ccc(C(=O)C=Cc2cccc(OCc3ccccc3)c2)c(OC)c1. The summed E-state index contributed by atoms with van der Waals surface area (Å²) in [6.45, 7) is 0.496. The van der Waals surface area contributed by atoms with Crippen molar-refractivity contribution in [1.82, 2.24) is 0 Å². The van der Waals surface area contributed by atoms with Crippen molar-refractivity contribution in [1.29, 1.82) is 0 Å². The Morgan fingerprint density at radius 1 is 0.857 bits per heavy atom. The maximum absolute atomic E-state index is 12.6. The molecule has 0 heterocycles. The molecule has 3 aromatic carbocycles. The fraction of sp³-hybridized carbons (Fsp3) is 0.125. The number of rotatable bonds is 8. The molecule has 3 aromatic rings. The van der Waals surface area contributed by atoms with Crippen molar-refractivity contribution in [2.45, 2.75) is 6.61 Å². The van der Waals surface area contributed by atoms with Crippen LogP contribution in [0.2, 0.25) is 0 Å². The van der Waals surface area contributed by atoms with Gasteiger partial charge in [0.1, 0.15) is 23.9 Å². The molecule has 0 bridgehead atoms. The number of allylic oxidation sites excluding steroid dienone is 1. The van der Waals surface area contributed by atoms with Gasteiger partial charge in [0.25, 0.3) is 0 Å². The molecule has 3 rings (SSSR count). The Hall–Kier alpha value is -3.53. The molecule has 4 heteroatoms. The van der Waals surface area contributed by atoms with Gasteiger partial charge in [0.15, 0.2) is 5.78 Å². The van der Waals surface area contributed by atoms with Crippen molar-refractivity contribution in [3.8, 4) is 17.2 Å². The monoisotopic (exact) mass is 374 g/mol. The highest BCUT2D eigenvalue weighted by Crippen LogP contribution is 2.25. The van der Waals surface area contributed by atoms with E-state index in [-0.39, 0.29) is 5.78 Å². The van der Waals surface area contributed by atoms with E-state index in [1.54, 1.807) is 31.4 Å². The van der Waals surface area contributed by atoms with E-state index >= 15 is 0 Å². The Balaban J connectivity index is 1.69. The van der Waals surface area contributed by atoms with Gasteiger partial charge in [-0.3, -0.25) is 4.79 Å². The third kappa shape index (κ3) is 5.01. The lowest BCUT2D eigenvalue weighted by Gasteiger charge is -2.08. The van der Waals surface area contributed by atoms with E-state index in [1.165, 1.54) is 13.2 Å². The molecule has 0 atom stereocenters. The normalized spacial score (nSPS) is 10.6. The van der Waals surface area contributed by atoms with E-state index < -0.39 is 0 Å². The zero-order valence-electron chi connectivity index (χ0n) is 15.9. The van der Waals surface area contributed by atoms with Crippen LogP contribution in [0.4, 0.5) is 0 Å². The van der Waals surface area contributed by atoms with Gasteiger partial charge < -0.3 is 14.2 Å². The number of benzene rings is 3. The summed E-state index contributed by atoms with van der Waals surface area (Å²) in [4.78, 5) is 12.6. The van der Waals surface area contributed by atoms with E-state index in [4.69, 9.17) is 14.2 Å². The second-order valence-corrected chi connectivity index (χ2v) is 6.11. The van der Waals surface area contributed by atoms with Gasteiger partial charge in [-0.2, -0.15) is 0 Å². The Bertz CT molecular complexity index is 961. The molecule has 0 fully saturated rings. The lowest BCUT2D eigenvalue weighted by molar-refractivity contribution is 0.104. The molecule has 4 nitrogen and oxygen atoms in total. The van der Waals surface area contributed by atoms with Crippen LogP contribution in [0, 0.1) is 0 Å². The number of ether oxygens (including phenoxy) is 3. The van der Waals surface area contributed by atoms with Gasteiger partial charge >= 0.3 is 0 Å². The van der Waals surface area contributed by atoms with E-state index in [9.17, 15) is 4.79 Å². The van der Waals surface area contributed by atoms with Crippen molar-refractivity contribution in [2.24, 2.45) is 0 Å². The number of methoxy groups -OCH3 is 2. The molecule has 142 valence electrons. The van der Waals surface area contributed by atoms with E-state index in [2.05, 4.69) is 0 Å². The second kappa shape index (κ2) is 9.42. The van der Waals surface area contributed by atoms with Crippen LogP contribution in [0.25, 0.3) is 6.08 Å². The van der Waals surface area contributed by atoms with Crippen LogP contribution in [0.15, 0.2) is 78.9 Å². The third-order valence-electron chi connectivity index (χ3n) is 4.21. The summed E-state index contributed by atoms with van der Waals surface area (Å²) in [5.74, 6) is 1.73. The number of ketones is 1. The quantitative estimate of drug-likeness (QED) is 0.403. The Morgan fingerprint density at radius 3 is 2.43 bits per heavy atom. The fourth-order valence-corrected chi connectivity index (χ4v) is 2.71. The Labute approximate surface area is 165 Å². The predicted molar refractivity (Wildman–Crippen MR) is 110 cm³/mol. The van der Waals surface area contributed by atoms with Gasteiger partial charge in [0.2, 0.25) is 0 Å². The predicted octanol–water partition coefficient (Wildman–Crippen LogP) is 5.18. The lowest BCUT2D eigenvalue weighted by Crippen LogP contribution is -1.99. The van der Waals surface area contributed by atoms with Crippen molar-refractivity contribution in [3.63, 3.8) is 0 Å². The standard InChI is InChI=1S/C24H22O4/c1-26-20-12-13-22(24(16-20)27-2)23(25)14-11-18-9-6-10-21(15-18)28-17-19-7-4-3-5-8-19/h3-16H,17H2,1-2H3. The zero-order chi connectivity index (χ0) is 19.8. The van der Waals surface area contributed by atoms with Gasteiger partial charge in [-0.05, 0) is 41.5 Å². The number of hydrogen-bond acceptors (Lipinski definition) is 4. The van der Waals surface area contributed by atoms with Crippen LogP contribution in [0.1, 0.15) is 21.5 Å². The molecule has 0 saturated carbocycles. The summed E-state index contributed by atoms with van der Waals surface area (Å²) in [6, 6.07) is 22.7. The van der Waals surface area contributed by atoms with Crippen LogP contribution in [-0.2, 0) is 6.61 Å². The van der Waals surface area contributed by atoms with Crippen LogP contribution in [0.5, 0.6) is 17.2 Å². The fourth-order valence-electron chi connectivity index (χ4n) is 2.71. The minimum Gasteiger partial charge on any atom is -0.497 e. The molecule has 0 aliphatic rings. The minimum absolute atomic E-state index is 0.143. The minimum atomic E-state index is -0.143. The summed E-state index contributed by atoms with van der Waals surface area (Å²) in [7, 11) is 3.10. The largest absolute Gasteiger partial charge is 0.497 e. The summed E-state index contributed by atoms with van der Waals surface area (Å²) in [5.41, 5.74) is 2.47. The van der Waals surface area contributed by atoms with Crippen molar-refractivity contribution in [3.05, 3.63) is 95.6 Å². The second-order valence-electron chi connectivity index (χ2n) is 6.11. The van der Waals surface area contributed by atoms with E-state index in [0.29, 0.717) is 23.7 Å². The molecule has 0 radical (unpaired) electrons. The highest BCUT2D eigenvalue weighted by atomic mass is 16.5. The molecule has 28 heavy (non-hydrogen) atoms. The molecular weight excluding hydrogens is 352 g/mol. The number of carbonyl (C=O) groups excluding carboxylic acids is 1. The zero-order valence-corrected chi connectivity index (χ0v) is 15.9. The van der Waals surface area contributed by atoms with Gasteiger partial charge in [-0.1, -0.05) is 48.5 Å². The van der Waals surface area contributed by atoms with Crippen molar-refractivity contribution >= 4 is 11.9 Å². The van der Waals surface area contributed by atoms with E-state index in [0.717, 1.165) is 16.9 Å². The summed E-state index contributed by atoms with van der Waals surface area (Å²) in [5, 5.41) is 0. The average Bonchev–Trinajstić information content (AvgIpc) is 2.76. The summed E-state index contributed by atoms with van der Waals surface area (Å²) >= 11 is 0. The Kier molecular flexibility index (Phi) is 6.47. The van der Waals surface area contributed by atoms with Gasteiger partial charge in [-0.25, -0.2) is 0 Å². The summed E-state index contributed by atoms with van der Waals surface area (Å²) in [6.07, 6.45) is 3.29. The average molecular weight is 374 g/mol. The topological polar surface area (TPSA) is 44.8 Å². The maximum Gasteiger partial charge on any atom is 0.189 e. The molecule has 0 unspecified atom stereocenters. The smallest absolute Gasteiger partial charge is 0.189 e. The molecule has 0 aromatic heterocycles. The highest BCUT2D eigenvalue weighted by molar-refractivity contribution is 6.08. The van der Waals surface area contributed by atoms with Crippen LogP contribution < -0.4 is 14.2 Å². The maximum atomic E-state index is 12.6. The van der Waals surface area contributed by atoms with Crippen LogP contribution in [-0.4, -0.2) is 20.0 Å². The van der Waals surface area contributed by atoms with Gasteiger partial charge in [-0.15, -0.1) is 0 Å². The first-order valence-electron chi connectivity index (χ1n) is 8.91. The van der Waals surface area contributed by atoms with Crippen molar-refractivity contribution < 1.29 is 19.0 Å². The van der Waals surface area contributed by atoms with Gasteiger partial charge in [0.05, 0.1) is 19.8 Å². The molecule has 0 saturated heterocycles. The third-order valence-corrected chi connectivity index (χ3v) is 4.21. The molecule has 0 aliphatic heterocycles. The van der Waals surface area contributed by atoms with E-state index in [1.807, 2.05) is 54.6 Å². The van der Waals surface area contributed by atoms with Crippen LogP contribution >= 0.6 is 0 Å². The van der Waals surface area contributed by atoms with Crippen molar-refractivity contribution in [2.75, 3.05) is 14.2 Å². The lowest BCUT2D eigenvalue weighted by atomic mass is 10.1. The summed E-state index contributed by atoms with van der Waals surface area (Å²) < 4.78 is 16.3. The molecule has 0 amide bonds. The molecular formula is C24H22O4. The molecule has 0 aliphatic carbocycles. The first-order valence-corrected chi connectivity index (χ1v) is 8.91. The Morgan fingerprint density at radius 2 is 1.68 bits per heavy atom. The molecule has 0 spiro atoms. The molecule has 0 N–H and O–H groups in total. The first-order chi connectivity index (χ1) is 13.7. The van der Waals surface area contributed by atoms with Crippen LogP contribution in [0.3, 0.4) is 0 Å².